The van der Waals surface area contributed by atoms with Crippen LogP contribution in [0.1, 0.15) is 18.9 Å². The molecule has 0 aromatic heterocycles. The van der Waals surface area contributed by atoms with Crippen LogP contribution < -0.4 is 4.74 Å². The number of methoxy groups -OCH3 is 1. The van der Waals surface area contributed by atoms with Crippen LogP contribution in [0.5, 0.6) is 5.75 Å². The van der Waals surface area contributed by atoms with Gasteiger partial charge in [0.05, 0.1) is 13.5 Å². The number of Topliss-reactive ketones (excluding diaryl/α,β-unsaturated/α-hetero) is 1. The number of carbonyl (C=O) groups excluding carboxylic acids is 2. The summed E-state index contributed by atoms with van der Waals surface area (Å²) in [5.41, 5.74) is 0.801. The highest BCUT2D eigenvalue weighted by Gasteiger charge is 2.28. The first-order chi connectivity index (χ1) is 8.60. The van der Waals surface area contributed by atoms with Gasteiger partial charge in [-0.05, 0) is 31.2 Å². The SMILES string of the molecule is COc1ccc(C2=CC(=O)C(CC(C)=O)O2)cc1. The molecule has 0 aliphatic carbocycles. The van der Waals surface area contributed by atoms with Gasteiger partial charge in [0.2, 0.25) is 0 Å². The van der Waals surface area contributed by atoms with Crippen molar-refractivity contribution in [2.24, 2.45) is 0 Å². The van der Waals surface area contributed by atoms with E-state index in [0.717, 1.165) is 11.3 Å². The minimum Gasteiger partial charge on any atom is -0.497 e. The van der Waals surface area contributed by atoms with Crippen molar-refractivity contribution in [1.29, 1.82) is 0 Å². The van der Waals surface area contributed by atoms with Crippen molar-refractivity contribution in [3.05, 3.63) is 35.9 Å². The average molecular weight is 246 g/mol. The molecule has 0 saturated heterocycles. The molecular formula is C14H14O4. The van der Waals surface area contributed by atoms with Gasteiger partial charge in [-0.15, -0.1) is 0 Å². The fraction of sp³-hybridized carbons (Fsp3) is 0.286. The van der Waals surface area contributed by atoms with Gasteiger partial charge in [0, 0.05) is 11.6 Å². The zero-order chi connectivity index (χ0) is 13.1. The smallest absolute Gasteiger partial charge is 0.200 e. The van der Waals surface area contributed by atoms with Crippen LogP contribution in [0.4, 0.5) is 0 Å². The van der Waals surface area contributed by atoms with Crippen LogP contribution in [-0.4, -0.2) is 24.8 Å². The van der Waals surface area contributed by atoms with Crippen LogP contribution in [-0.2, 0) is 14.3 Å². The van der Waals surface area contributed by atoms with E-state index < -0.39 is 6.10 Å². The fourth-order valence-corrected chi connectivity index (χ4v) is 1.78. The number of hydrogen-bond acceptors (Lipinski definition) is 4. The van der Waals surface area contributed by atoms with Gasteiger partial charge < -0.3 is 9.47 Å². The van der Waals surface area contributed by atoms with Gasteiger partial charge in [0.25, 0.3) is 0 Å². The first kappa shape index (κ1) is 12.4. The molecule has 0 bridgehead atoms. The van der Waals surface area contributed by atoms with E-state index in [4.69, 9.17) is 9.47 Å². The molecule has 4 nitrogen and oxygen atoms in total. The Labute approximate surface area is 105 Å². The Hall–Kier alpha value is -2.10. The Balaban J connectivity index is 2.13. The van der Waals surface area contributed by atoms with Crippen LogP contribution >= 0.6 is 0 Å². The third-order valence-corrected chi connectivity index (χ3v) is 2.71. The Morgan fingerprint density at radius 3 is 2.56 bits per heavy atom. The van der Waals surface area contributed by atoms with Gasteiger partial charge in [-0.1, -0.05) is 0 Å². The van der Waals surface area contributed by atoms with E-state index in [2.05, 4.69) is 0 Å². The topological polar surface area (TPSA) is 52.6 Å². The molecule has 1 aromatic rings. The van der Waals surface area contributed by atoms with Gasteiger partial charge in [-0.2, -0.15) is 0 Å². The molecule has 0 radical (unpaired) electrons. The zero-order valence-corrected chi connectivity index (χ0v) is 10.3. The fourth-order valence-electron chi connectivity index (χ4n) is 1.78. The Kier molecular flexibility index (Phi) is 3.46. The lowest BCUT2D eigenvalue weighted by Gasteiger charge is -2.10. The van der Waals surface area contributed by atoms with Crippen molar-refractivity contribution in [2.45, 2.75) is 19.4 Å². The number of ketones is 2. The normalized spacial score (nSPS) is 18.2. The van der Waals surface area contributed by atoms with Crippen molar-refractivity contribution >= 4 is 17.3 Å². The highest BCUT2D eigenvalue weighted by molar-refractivity contribution is 6.04. The summed E-state index contributed by atoms with van der Waals surface area (Å²) in [6, 6.07) is 7.22. The summed E-state index contributed by atoms with van der Waals surface area (Å²) in [4.78, 5) is 22.6. The minimum absolute atomic E-state index is 0.0577. The second-order valence-electron chi connectivity index (χ2n) is 4.15. The highest BCUT2D eigenvalue weighted by Crippen LogP contribution is 2.27. The van der Waals surface area contributed by atoms with E-state index in [-0.39, 0.29) is 18.0 Å². The molecule has 94 valence electrons. The Morgan fingerprint density at radius 2 is 2.00 bits per heavy atom. The molecule has 1 aromatic carbocycles. The van der Waals surface area contributed by atoms with Gasteiger partial charge >= 0.3 is 0 Å². The van der Waals surface area contributed by atoms with Crippen LogP contribution in [0.15, 0.2) is 30.3 Å². The molecule has 1 aliphatic rings. The molecule has 4 heteroatoms. The summed E-state index contributed by atoms with van der Waals surface area (Å²) in [7, 11) is 1.59. The highest BCUT2D eigenvalue weighted by atomic mass is 16.5. The molecule has 1 aliphatic heterocycles. The monoisotopic (exact) mass is 246 g/mol. The standard InChI is InChI=1S/C14H14O4/c1-9(15)7-14-12(16)8-13(18-14)10-3-5-11(17-2)6-4-10/h3-6,8,14H,7H2,1-2H3. The largest absolute Gasteiger partial charge is 0.497 e. The molecule has 1 unspecified atom stereocenters. The van der Waals surface area contributed by atoms with Gasteiger partial charge in [0.1, 0.15) is 17.3 Å². The van der Waals surface area contributed by atoms with Gasteiger partial charge in [-0.25, -0.2) is 0 Å². The number of hydrogen-bond donors (Lipinski definition) is 0. The minimum atomic E-state index is -0.667. The van der Waals surface area contributed by atoms with Crippen molar-refractivity contribution in [3.63, 3.8) is 0 Å². The summed E-state index contributed by atoms with van der Waals surface area (Å²) in [6.45, 7) is 1.45. The second-order valence-corrected chi connectivity index (χ2v) is 4.15. The maximum Gasteiger partial charge on any atom is 0.200 e. The van der Waals surface area contributed by atoms with E-state index in [9.17, 15) is 9.59 Å². The predicted octanol–water partition coefficient (Wildman–Crippen LogP) is 1.98. The summed E-state index contributed by atoms with van der Waals surface area (Å²) in [5, 5.41) is 0. The van der Waals surface area contributed by atoms with E-state index >= 15 is 0 Å². The first-order valence-corrected chi connectivity index (χ1v) is 5.66. The average Bonchev–Trinajstić information content (AvgIpc) is 2.70. The molecule has 0 saturated carbocycles. The Morgan fingerprint density at radius 1 is 1.33 bits per heavy atom. The Bertz CT molecular complexity index is 499. The molecular weight excluding hydrogens is 232 g/mol. The second kappa shape index (κ2) is 5.04. The third kappa shape index (κ3) is 2.59. The molecule has 0 fully saturated rings. The maximum absolute atomic E-state index is 11.6. The summed E-state index contributed by atoms with van der Waals surface area (Å²) >= 11 is 0. The van der Waals surface area contributed by atoms with E-state index in [1.807, 2.05) is 12.1 Å². The zero-order valence-electron chi connectivity index (χ0n) is 10.3. The van der Waals surface area contributed by atoms with Crippen LogP contribution in [0.2, 0.25) is 0 Å². The number of benzene rings is 1. The van der Waals surface area contributed by atoms with Gasteiger partial charge in [-0.3, -0.25) is 9.59 Å². The lowest BCUT2D eigenvalue weighted by Crippen LogP contribution is -2.19. The molecule has 0 spiro atoms. The van der Waals surface area contributed by atoms with Crippen LogP contribution in [0.3, 0.4) is 0 Å². The lowest BCUT2D eigenvalue weighted by atomic mass is 10.1. The summed E-state index contributed by atoms with van der Waals surface area (Å²) in [6.07, 6.45) is 0.893. The third-order valence-electron chi connectivity index (χ3n) is 2.71. The summed E-state index contributed by atoms with van der Waals surface area (Å²) in [5.74, 6) is 1.03. The van der Waals surface area contributed by atoms with Crippen molar-refractivity contribution in [3.8, 4) is 5.75 Å². The van der Waals surface area contributed by atoms with Crippen molar-refractivity contribution < 1.29 is 19.1 Å². The molecule has 0 N–H and O–H groups in total. The van der Waals surface area contributed by atoms with Crippen LogP contribution in [0, 0.1) is 0 Å². The van der Waals surface area contributed by atoms with E-state index in [1.165, 1.54) is 13.0 Å². The molecule has 2 rings (SSSR count). The predicted molar refractivity (Wildman–Crippen MR) is 66.1 cm³/mol. The maximum atomic E-state index is 11.6. The lowest BCUT2D eigenvalue weighted by molar-refractivity contribution is -0.126. The summed E-state index contributed by atoms with van der Waals surface area (Å²) < 4.78 is 10.5. The van der Waals surface area contributed by atoms with E-state index in [0.29, 0.717) is 5.76 Å². The number of carbonyl (C=O) groups is 2. The molecule has 1 atom stereocenters. The van der Waals surface area contributed by atoms with Crippen molar-refractivity contribution in [1.82, 2.24) is 0 Å². The van der Waals surface area contributed by atoms with Crippen molar-refractivity contribution in [2.75, 3.05) is 7.11 Å². The van der Waals surface area contributed by atoms with Crippen LogP contribution in [0.25, 0.3) is 5.76 Å². The van der Waals surface area contributed by atoms with E-state index in [1.54, 1.807) is 19.2 Å². The number of rotatable bonds is 4. The van der Waals surface area contributed by atoms with Gasteiger partial charge in [0.15, 0.2) is 11.9 Å². The first-order valence-electron chi connectivity index (χ1n) is 5.66. The number of ether oxygens (including phenoxy) is 2. The quantitative estimate of drug-likeness (QED) is 0.815. The molecule has 0 amide bonds. The molecule has 18 heavy (non-hydrogen) atoms. The molecule has 1 heterocycles.